The molecule has 0 bridgehead atoms. The Morgan fingerprint density at radius 1 is 1.10 bits per heavy atom. The summed E-state index contributed by atoms with van der Waals surface area (Å²) in [4.78, 5) is 17.1. The van der Waals surface area contributed by atoms with Crippen LogP contribution in [0.3, 0.4) is 0 Å². The summed E-state index contributed by atoms with van der Waals surface area (Å²) in [5, 5.41) is 5.08. The lowest BCUT2D eigenvalue weighted by atomic mass is 9.93. The molecule has 2 aromatic carbocycles. The van der Waals surface area contributed by atoms with E-state index < -0.39 is 15.9 Å². The van der Waals surface area contributed by atoms with Gasteiger partial charge in [0.05, 0.1) is 12.8 Å². The van der Waals surface area contributed by atoms with Crippen molar-refractivity contribution < 1.29 is 17.9 Å². The van der Waals surface area contributed by atoms with Crippen LogP contribution >= 0.6 is 11.3 Å². The maximum atomic E-state index is 13.0. The molecule has 1 heterocycles. The second kappa shape index (κ2) is 8.68. The van der Waals surface area contributed by atoms with E-state index in [9.17, 15) is 13.2 Å². The molecule has 0 saturated carbocycles. The number of ether oxygens (including phenoxy) is 1. The molecule has 0 fully saturated rings. The van der Waals surface area contributed by atoms with Crippen LogP contribution in [0.4, 0.5) is 10.8 Å². The second-order valence-electron chi connectivity index (χ2n) is 8.08. The van der Waals surface area contributed by atoms with Crippen LogP contribution in [0.25, 0.3) is 0 Å². The quantitative estimate of drug-likeness (QED) is 0.551. The Morgan fingerprint density at radius 2 is 1.77 bits per heavy atom. The average molecular weight is 460 g/mol. The molecule has 1 aromatic heterocycles. The van der Waals surface area contributed by atoms with E-state index in [0.717, 1.165) is 11.3 Å². The number of sulfonamides is 1. The van der Waals surface area contributed by atoms with Gasteiger partial charge in [0.25, 0.3) is 15.9 Å². The fourth-order valence-electron chi connectivity index (χ4n) is 2.70. The van der Waals surface area contributed by atoms with Crippen molar-refractivity contribution in [3.05, 3.63) is 64.7 Å². The molecule has 3 rings (SSSR count). The number of rotatable bonds is 6. The Morgan fingerprint density at radius 3 is 2.35 bits per heavy atom. The lowest BCUT2D eigenvalue weighted by Crippen LogP contribution is -2.17. The second-order valence-corrected chi connectivity index (χ2v) is 10.6. The maximum absolute atomic E-state index is 13.0. The highest BCUT2D eigenvalue weighted by molar-refractivity contribution is 7.92. The molecule has 0 aliphatic heterocycles. The molecule has 0 spiro atoms. The van der Waals surface area contributed by atoms with E-state index in [1.165, 1.54) is 36.6 Å². The van der Waals surface area contributed by atoms with E-state index in [1.54, 1.807) is 24.3 Å². The Balaban J connectivity index is 1.88. The molecule has 0 atom stereocenters. The standard InChI is InChI=1S/C22H25N3O4S2/c1-14-6-9-16(10-7-14)25-31(27,28)18-12-15(8-11-17(18)29-5)20(26)24-21-23-19(13-30-21)22(2,3)4/h6-13,25H,1-5H3,(H,23,24,26). The molecule has 3 aromatic rings. The predicted octanol–water partition coefficient (Wildman–Crippen LogP) is 4.81. The van der Waals surface area contributed by atoms with Crippen molar-refractivity contribution in [2.24, 2.45) is 0 Å². The lowest BCUT2D eigenvalue weighted by Gasteiger charge is -2.14. The summed E-state index contributed by atoms with van der Waals surface area (Å²) in [6.07, 6.45) is 0. The molecule has 0 radical (unpaired) electrons. The van der Waals surface area contributed by atoms with Crippen molar-refractivity contribution in [2.45, 2.75) is 38.0 Å². The van der Waals surface area contributed by atoms with Crippen LogP contribution in [0.1, 0.15) is 42.4 Å². The Hall–Kier alpha value is -2.91. The zero-order chi connectivity index (χ0) is 22.8. The number of aryl methyl sites for hydroxylation is 1. The molecular weight excluding hydrogens is 434 g/mol. The van der Waals surface area contributed by atoms with Gasteiger partial charge in [-0.25, -0.2) is 13.4 Å². The molecule has 2 N–H and O–H groups in total. The van der Waals surface area contributed by atoms with Crippen molar-refractivity contribution in [1.29, 1.82) is 0 Å². The summed E-state index contributed by atoms with van der Waals surface area (Å²) in [6, 6.07) is 11.2. The minimum absolute atomic E-state index is 0.127. The summed E-state index contributed by atoms with van der Waals surface area (Å²) in [5.74, 6) is -0.315. The summed E-state index contributed by atoms with van der Waals surface area (Å²) in [6.45, 7) is 8.02. The highest BCUT2D eigenvalue weighted by Gasteiger charge is 2.23. The van der Waals surface area contributed by atoms with Crippen molar-refractivity contribution >= 4 is 38.1 Å². The van der Waals surface area contributed by atoms with Crippen molar-refractivity contribution in [3.63, 3.8) is 0 Å². The first-order valence-electron chi connectivity index (χ1n) is 9.54. The highest BCUT2D eigenvalue weighted by Crippen LogP contribution is 2.29. The normalized spacial score (nSPS) is 11.8. The van der Waals surface area contributed by atoms with Crippen LogP contribution in [0.2, 0.25) is 0 Å². The van der Waals surface area contributed by atoms with Crippen molar-refractivity contribution in [3.8, 4) is 5.75 Å². The van der Waals surface area contributed by atoms with Crippen LogP contribution in [-0.2, 0) is 15.4 Å². The van der Waals surface area contributed by atoms with Crippen LogP contribution in [0, 0.1) is 6.92 Å². The van der Waals surface area contributed by atoms with E-state index in [-0.39, 0.29) is 21.6 Å². The first kappa shape index (κ1) is 22.8. The Bertz CT molecular complexity index is 1190. The minimum atomic E-state index is -3.98. The first-order chi connectivity index (χ1) is 14.5. The van der Waals surface area contributed by atoms with Gasteiger partial charge < -0.3 is 4.74 Å². The molecule has 0 saturated heterocycles. The number of carbonyl (C=O) groups is 1. The summed E-state index contributed by atoms with van der Waals surface area (Å²) in [5.41, 5.74) is 2.34. The largest absolute Gasteiger partial charge is 0.495 e. The van der Waals surface area contributed by atoms with E-state index in [1.807, 2.05) is 33.1 Å². The number of nitrogens with one attached hydrogen (secondary N) is 2. The zero-order valence-corrected chi connectivity index (χ0v) is 19.6. The maximum Gasteiger partial charge on any atom is 0.265 e. The number of hydrogen-bond acceptors (Lipinski definition) is 6. The molecular formula is C22H25N3O4S2. The number of carbonyl (C=O) groups excluding carboxylic acids is 1. The summed E-state index contributed by atoms with van der Waals surface area (Å²) >= 11 is 1.32. The molecule has 9 heteroatoms. The molecule has 0 unspecified atom stereocenters. The summed E-state index contributed by atoms with van der Waals surface area (Å²) < 4.78 is 33.7. The first-order valence-corrected chi connectivity index (χ1v) is 11.9. The Labute approximate surface area is 186 Å². The minimum Gasteiger partial charge on any atom is -0.495 e. The third-order valence-corrected chi connectivity index (χ3v) is 6.67. The van der Waals surface area contributed by atoms with Crippen molar-refractivity contribution in [2.75, 3.05) is 17.1 Å². The monoisotopic (exact) mass is 459 g/mol. The predicted molar refractivity (Wildman–Crippen MR) is 124 cm³/mol. The summed E-state index contributed by atoms with van der Waals surface area (Å²) in [7, 11) is -2.60. The SMILES string of the molecule is COc1ccc(C(=O)Nc2nc(C(C)(C)C)cs2)cc1S(=O)(=O)Nc1ccc(C)cc1. The van der Waals surface area contributed by atoms with E-state index in [2.05, 4.69) is 15.0 Å². The van der Waals surface area contributed by atoms with Gasteiger partial charge in [0, 0.05) is 22.0 Å². The number of anilines is 2. The molecule has 7 nitrogen and oxygen atoms in total. The number of methoxy groups -OCH3 is 1. The van der Waals surface area contributed by atoms with Gasteiger partial charge in [-0.05, 0) is 37.3 Å². The van der Waals surface area contributed by atoms with E-state index >= 15 is 0 Å². The number of aromatic nitrogens is 1. The number of amides is 1. The van der Waals surface area contributed by atoms with Crippen molar-refractivity contribution in [1.82, 2.24) is 4.98 Å². The molecule has 1 amide bonds. The molecule has 164 valence electrons. The topological polar surface area (TPSA) is 97.4 Å². The average Bonchev–Trinajstić information content (AvgIpc) is 3.18. The third kappa shape index (κ3) is 5.42. The number of hydrogen-bond donors (Lipinski definition) is 2. The van der Waals surface area contributed by atoms with Crippen LogP contribution in [-0.4, -0.2) is 26.4 Å². The fourth-order valence-corrected chi connectivity index (χ4v) is 4.89. The smallest absolute Gasteiger partial charge is 0.265 e. The van der Waals surface area contributed by atoms with Gasteiger partial charge in [-0.1, -0.05) is 38.5 Å². The molecule has 0 aliphatic carbocycles. The Kier molecular flexibility index (Phi) is 6.38. The lowest BCUT2D eigenvalue weighted by molar-refractivity contribution is 0.102. The fraction of sp³-hybridized carbons (Fsp3) is 0.273. The number of nitrogens with zero attached hydrogens (tertiary/aromatic N) is 1. The number of benzene rings is 2. The van der Waals surface area contributed by atoms with Gasteiger partial charge in [-0.3, -0.25) is 14.8 Å². The van der Waals surface area contributed by atoms with Gasteiger partial charge in [-0.15, -0.1) is 11.3 Å². The van der Waals surface area contributed by atoms with Crippen LogP contribution in [0.5, 0.6) is 5.75 Å². The van der Waals surface area contributed by atoms with Gasteiger partial charge in [0.15, 0.2) is 5.13 Å². The van der Waals surface area contributed by atoms with E-state index in [0.29, 0.717) is 10.8 Å². The highest BCUT2D eigenvalue weighted by atomic mass is 32.2. The van der Waals surface area contributed by atoms with E-state index in [4.69, 9.17) is 4.74 Å². The third-order valence-electron chi connectivity index (χ3n) is 4.51. The molecule has 31 heavy (non-hydrogen) atoms. The zero-order valence-electron chi connectivity index (χ0n) is 18.0. The van der Waals surface area contributed by atoms with Crippen LogP contribution < -0.4 is 14.8 Å². The van der Waals surface area contributed by atoms with Gasteiger partial charge >= 0.3 is 0 Å². The van der Waals surface area contributed by atoms with Gasteiger partial charge in [0.1, 0.15) is 10.6 Å². The molecule has 0 aliphatic rings. The van der Waals surface area contributed by atoms with Gasteiger partial charge in [0.2, 0.25) is 0 Å². The number of thiazole rings is 1. The van der Waals surface area contributed by atoms with Gasteiger partial charge in [-0.2, -0.15) is 0 Å². The van der Waals surface area contributed by atoms with Crippen LogP contribution in [0.15, 0.2) is 52.7 Å².